The van der Waals surface area contributed by atoms with Crippen LogP contribution in [0.4, 0.5) is 0 Å². The molecule has 1 aliphatic rings. The van der Waals surface area contributed by atoms with Gasteiger partial charge >= 0.3 is 0 Å². The molecule has 0 amide bonds. The Balaban J connectivity index is 0.00000192. The number of aromatic nitrogens is 2. The molecule has 3 rings (SSSR count). The fourth-order valence-electron chi connectivity index (χ4n) is 2.76. The predicted octanol–water partition coefficient (Wildman–Crippen LogP) is 3.91. The van der Waals surface area contributed by atoms with Crippen molar-refractivity contribution in [1.29, 1.82) is 0 Å². The quantitative estimate of drug-likeness (QED) is 0.919. The summed E-state index contributed by atoms with van der Waals surface area (Å²) in [6.45, 7) is 6.68. The molecule has 5 heteroatoms. The predicted molar refractivity (Wildman–Crippen MR) is 93.8 cm³/mol. The van der Waals surface area contributed by atoms with Crippen LogP contribution < -0.4 is 5.73 Å². The fraction of sp³-hybridized carbons (Fsp3) is 0.556. The van der Waals surface area contributed by atoms with Gasteiger partial charge in [0.2, 0.25) is 5.89 Å². The maximum atomic E-state index is 6.22. The van der Waals surface area contributed by atoms with Crippen molar-refractivity contribution in [2.75, 3.05) is 0 Å². The summed E-state index contributed by atoms with van der Waals surface area (Å²) in [6, 6.07) is 8.79. The van der Waals surface area contributed by atoms with Gasteiger partial charge in [-0.1, -0.05) is 50.2 Å². The lowest BCUT2D eigenvalue weighted by Gasteiger charge is -2.34. The van der Waals surface area contributed by atoms with Crippen molar-refractivity contribution in [3.05, 3.63) is 47.1 Å². The third-order valence-electron chi connectivity index (χ3n) is 4.61. The number of hydrogen-bond acceptors (Lipinski definition) is 4. The van der Waals surface area contributed by atoms with E-state index in [-0.39, 0.29) is 23.4 Å². The number of halogens is 1. The van der Waals surface area contributed by atoms with Crippen molar-refractivity contribution in [3.63, 3.8) is 0 Å². The highest BCUT2D eigenvalue weighted by molar-refractivity contribution is 5.85. The van der Waals surface area contributed by atoms with E-state index in [4.69, 9.17) is 10.3 Å². The minimum atomic E-state index is -0.337. The largest absolute Gasteiger partial charge is 0.339 e. The molecule has 1 aromatic carbocycles. The average Bonchev–Trinajstić information content (AvgIpc) is 2.91. The van der Waals surface area contributed by atoms with Crippen molar-refractivity contribution in [1.82, 2.24) is 10.1 Å². The van der Waals surface area contributed by atoms with Gasteiger partial charge in [0.05, 0.1) is 5.54 Å². The molecule has 0 radical (unpaired) electrons. The molecular formula is C18H26ClN3O. The zero-order chi connectivity index (χ0) is 15.8. The summed E-state index contributed by atoms with van der Waals surface area (Å²) in [5, 5.41) is 4.06. The highest BCUT2D eigenvalue weighted by atomic mass is 35.5. The summed E-state index contributed by atoms with van der Waals surface area (Å²) in [5.74, 6) is 1.36. The second kappa shape index (κ2) is 6.62. The van der Waals surface area contributed by atoms with Crippen LogP contribution in [0.25, 0.3) is 0 Å². The molecule has 126 valence electrons. The Morgan fingerprint density at radius 1 is 1.13 bits per heavy atom. The highest BCUT2D eigenvalue weighted by Gasteiger charge is 2.38. The SMILES string of the molecule is CC(C)(C)c1ccc(CCc2nc(C3(N)CCC3)no2)cc1.Cl. The Hall–Kier alpha value is -1.39. The second-order valence-corrected chi connectivity index (χ2v) is 7.47. The van der Waals surface area contributed by atoms with Crippen LogP contribution in [0, 0.1) is 0 Å². The summed E-state index contributed by atoms with van der Waals surface area (Å²) in [6.07, 6.45) is 4.74. The van der Waals surface area contributed by atoms with Crippen LogP contribution in [0.3, 0.4) is 0 Å². The van der Waals surface area contributed by atoms with Crippen LogP contribution in [0.2, 0.25) is 0 Å². The standard InChI is InChI=1S/C18H25N3O.ClH/c1-17(2,3)14-8-5-13(6-9-14)7-10-15-20-16(21-22-15)18(19)11-4-12-18;/h5-6,8-9H,4,7,10-12,19H2,1-3H3;1H. The van der Waals surface area contributed by atoms with E-state index in [2.05, 4.69) is 55.2 Å². The monoisotopic (exact) mass is 335 g/mol. The first-order chi connectivity index (χ1) is 10.4. The van der Waals surface area contributed by atoms with Gasteiger partial charge in [-0.3, -0.25) is 0 Å². The van der Waals surface area contributed by atoms with E-state index in [1.54, 1.807) is 0 Å². The lowest BCUT2D eigenvalue weighted by Crippen LogP contribution is -2.44. The molecule has 4 nitrogen and oxygen atoms in total. The van der Waals surface area contributed by atoms with E-state index in [0.717, 1.165) is 32.1 Å². The minimum absolute atomic E-state index is 0. The zero-order valence-electron chi connectivity index (χ0n) is 14.1. The topological polar surface area (TPSA) is 64.9 Å². The average molecular weight is 336 g/mol. The summed E-state index contributed by atoms with van der Waals surface area (Å²) in [5.41, 5.74) is 8.72. The number of nitrogens with zero attached hydrogens (tertiary/aromatic N) is 2. The van der Waals surface area contributed by atoms with Crippen LogP contribution in [0.15, 0.2) is 28.8 Å². The van der Waals surface area contributed by atoms with Gasteiger partial charge in [0.25, 0.3) is 0 Å². The Morgan fingerprint density at radius 3 is 2.30 bits per heavy atom. The van der Waals surface area contributed by atoms with Crippen LogP contribution >= 0.6 is 12.4 Å². The fourth-order valence-corrected chi connectivity index (χ4v) is 2.76. The van der Waals surface area contributed by atoms with E-state index >= 15 is 0 Å². The number of benzene rings is 1. The van der Waals surface area contributed by atoms with E-state index < -0.39 is 0 Å². The number of nitrogens with two attached hydrogens (primary N) is 1. The van der Waals surface area contributed by atoms with Crippen LogP contribution in [0.5, 0.6) is 0 Å². The van der Waals surface area contributed by atoms with Crippen molar-refractivity contribution in [2.45, 2.75) is 63.8 Å². The van der Waals surface area contributed by atoms with E-state index in [1.807, 2.05) is 0 Å². The number of hydrogen-bond donors (Lipinski definition) is 1. The third kappa shape index (κ3) is 3.93. The van der Waals surface area contributed by atoms with Gasteiger partial charge in [0, 0.05) is 6.42 Å². The summed E-state index contributed by atoms with van der Waals surface area (Å²) in [4.78, 5) is 4.47. The molecule has 1 aliphatic carbocycles. The first-order valence-electron chi connectivity index (χ1n) is 8.08. The smallest absolute Gasteiger partial charge is 0.227 e. The van der Waals surface area contributed by atoms with Gasteiger partial charge in [0.15, 0.2) is 5.82 Å². The Labute approximate surface area is 144 Å². The number of aryl methyl sites for hydroxylation is 2. The molecule has 0 aliphatic heterocycles. The van der Waals surface area contributed by atoms with Crippen molar-refractivity contribution >= 4 is 12.4 Å². The van der Waals surface area contributed by atoms with E-state index in [1.165, 1.54) is 11.1 Å². The van der Waals surface area contributed by atoms with E-state index in [0.29, 0.717) is 11.7 Å². The molecule has 0 bridgehead atoms. The van der Waals surface area contributed by atoms with Gasteiger partial charge in [-0.15, -0.1) is 12.4 Å². The maximum absolute atomic E-state index is 6.22. The molecule has 2 aromatic rings. The third-order valence-corrected chi connectivity index (χ3v) is 4.61. The Morgan fingerprint density at radius 2 is 1.78 bits per heavy atom. The Bertz CT molecular complexity index is 639. The van der Waals surface area contributed by atoms with E-state index in [9.17, 15) is 0 Å². The highest BCUT2D eigenvalue weighted by Crippen LogP contribution is 2.36. The summed E-state index contributed by atoms with van der Waals surface area (Å²) < 4.78 is 5.35. The van der Waals surface area contributed by atoms with Crippen molar-refractivity contribution in [3.8, 4) is 0 Å². The van der Waals surface area contributed by atoms with Crippen LogP contribution in [-0.4, -0.2) is 10.1 Å². The maximum Gasteiger partial charge on any atom is 0.227 e. The van der Waals surface area contributed by atoms with Gasteiger partial charge < -0.3 is 10.3 Å². The van der Waals surface area contributed by atoms with Crippen LogP contribution in [-0.2, 0) is 23.8 Å². The molecule has 1 fully saturated rings. The lowest BCUT2D eigenvalue weighted by molar-refractivity contribution is 0.229. The van der Waals surface area contributed by atoms with Gasteiger partial charge in [0.1, 0.15) is 0 Å². The first-order valence-corrected chi connectivity index (χ1v) is 8.08. The number of rotatable bonds is 4. The van der Waals surface area contributed by atoms with Gasteiger partial charge in [-0.2, -0.15) is 4.98 Å². The lowest BCUT2D eigenvalue weighted by atomic mass is 9.77. The molecule has 23 heavy (non-hydrogen) atoms. The normalized spacial score (nSPS) is 16.5. The van der Waals surface area contributed by atoms with Gasteiger partial charge in [-0.05, 0) is 42.2 Å². The van der Waals surface area contributed by atoms with Crippen molar-refractivity contribution < 1.29 is 4.52 Å². The minimum Gasteiger partial charge on any atom is -0.339 e. The molecule has 1 aromatic heterocycles. The molecule has 0 atom stereocenters. The molecule has 0 spiro atoms. The molecule has 0 unspecified atom stereocenters. The molecule has 1 saturated carbocycles. The zero-order valence-corrected chi connectivity index (χ0v) is 14.9. The molecule has 1 heterocycles. The molecule has 0 saturated heterocycles. The summed E-state index contributed by atoms with van der Waals surface area (Å²) >= 11 is 0. The molecular weight excluding hydrogens is 310 g/mol. The molecule has 2 N–H and O–H groups in total. The van der Waals surface area contributed by atoms with Crippen molar-refractivity contribution in [2.24, 2.45) is 5.73 Å². The van der Waals surface area contributed by atoms with Crippen LogP contribution in [0.1, 0.15) is 62.9 Å². The first kappa shape index (κ1) is 18.0. The second-order valence-electron chi connectivity index (χ2n) is 7.47. The summed E-state index contributed by atoms with van der Waals surface area (Å²) in [7, 11) is 0. The van der Waals surface area contributed by atoms with Gasteiger partial charge in [-0.25, -0.2) is 0 Å². The Kier molecular flexibility index (Phi) is 5.17.